The fourth-order valence-electron chi connectivity index (χ4n) is 3.00. The number of nitrogens with one attached hydrogen (secondary N) is 1. The monoisotopic (exact) mass is 309 g/mol. The molecule has 120 valence electrons. The Kier molecular flexibility index (Phi) is 4.51. The Morgan fingerprint density at radius 1 is 1.00 bits per heavy atom. The molecule has 0 radical (unpaired) electrons. The number of carbonyl (C=O) groups excluding carboxylic acids is 1. The molecule has 1 N–H and O–H groups in total. The molecule has 3 rings (SSSR count). The van der Waals surface area contributed by atoms with E-state index < -0.39 is 0 Å². The fourth-order valence-corrected chi connectivity index (χ4v) is 3.00. The van der Waals surface area contributed by atoms with Crippen molar-refractivity contribution in [1.29, 1.82) is 0 Å². The van der Waals surface area contributed by atoms with Gasteiger partial charge in [0.25, 0.3) is 0 Å². The van der Waals surface area contributed by atoms with Crippen molar-refractivity contribution < 1.29 is 4.79 Å². The number of benzene rings is 2. The topological polar surface area (TPSA) is 35.6 Å². The van der Waals surface area contributed by atoms with Crippen LogP contribution in [0.5, 0.6) is 0 Å². The maximum absolute atomic E-state index is 12.6. The summed E-state index contributed by atoms with van der Waals surface area (Å²) in [7, 11) is 0. The van der Waals surface area contributed by atoms with E-state index in [2.05, 4.69) is 30.1 Å². The molecule has 1 heterocycles. The largest absolute Gasteiger partial charge is 0.366 e. The van der Waals surface area contributed by atoms with Gasteiger partial charge >= 0.3 is 6.03 Å². The number of nitrogens with zero attached hydrogens (tertiary/aromatic N) is 2. The third kappa shape index (κ3) is 3.31. The molecule has 1 aliphatic rings. The number of para-hydroxylation sites is 2. The van der Waals surface area contributed by atoms with E-state index in [1.54, 1.807) is 0 Å². The normalized spacial score (nSPS) is 13.9. The molecule has 23 heavy (non-hydrogen) atoms. The lowest BCUT2D eigenvalue weighted by Gasteiger charge is -2.39. The van der Waals surface area contributed by atoms with Crippen LogP contribution in [0.1, 0.15) is 19.4 Å². The van der Waals surface area contributed by atoms with Crippen molar-refractivity contribution in [2.24, 2.45) is 0 Å². The smallest absolute Gasteiger partial charge is 0.322 e. The first-order valence-electron chi connectivity index (χ1n) is 8.12. The fraction of sp³-hybridized carbons (Fsp3) is 0.316. The zero-order valence-corrected chi connectivity index (χ0v) is 13.7. The highest BCUT2D eigenvalue weighted by Crippen LogP contribution is 2.33. The molecule has 1 aliphatic heterocycles. The molecule has 0 aliphatic carbocycles. The van der Waals surface area contributed by atoms with Crippen LogP contribution in [-0.2, 0) is 6.54 Å². The Labute approximate surface area is 137 Å². The van der Waals surface area contributed by atoms with Gasteiger partial charge in [0.15, 0.2) is 0 Å². The summed E-state index contributed by atoms with van der Waals surface area (Å²) in [6.07, 6.45) is 0. The number of amides is 2. The van der Waals surface area contributed by atoms with Gasteiger partial charge in [-0.05, 0) is 31.5 Å². The van der Waals surface area contributed by atoms with E-state index in [1.807, 2.05) is 53.4 Å². The van der Waals surface area contributed by atoms with Crippen molar-refractivity contribution in [3.05, 3.63) is 60.2 Å². The number of hydrogen-bond donors (Lipinski definition) is 1. The van der Waals surface area contributed by atoms with E-state index in [0.717, 1.165) is 23.5 Å². The van der Waals surface area contributed by atoms with Crippen molar-refractivity contribution in [3.63, 3.8) is 0 Å². The van der Waals surface area contributed by atoms with Crippen molar-refractivity contribution in [2.45, 2.75) is 26.4 Å². The van der Waals surface area contributed by atoms with Crippen molar-refractivity contribution in [2.75, 3.05) is 22.9 Å². The van der Waals surface area contributed by atoms with Gasteiger partial charge in [0.2, 0.25) is 0 Å². The number of urea groups is 1. The lowest BCUT2D eigenvalue weighted by Crippen LogP contribution is -2.49. The number of rotatable bonds is 3. The van der Waals surface area contributed by atoms with E-state index >= 15 is 0 Å². The Hall–Kier alpha value is -2.49. The first kappa shape index (κ1) is 15.4. The van der Waals surface area contributed by atoms with Crippen LogP contribution in [0, 0.1) is 0 Å². The molecule has 0 aromatic heterocycles. The number of fused-ring (bicyclic) bond motifs is 1. The predicted molar refractivity (Wildman–Crippen MR) is 94.9 cm³/mol. The summed E-state index contributed by atoms with van der Waals surface area (Å²) < 4.78 is 0. The molecule has 2 amide bonds. The molecular formula is C19H23N3O. The molecule has 0 saturated carbocycles. The van der Waals surface area contributed by atoms with Crippen LogP contribution < -0.4 is 15.1 Å². The minimum Gasteiger partial charge on any atom is -0.366 e. The van der Waals surface area contributed by atoms with Crippen LogP contribution in [0.3, 0.4) is 0 Å². The van der Waals surface area contributed by atoms with Crippen LogP contribution in [-0.4, -0.2) is 25.2 Å². The second-order valence-corrected chi connectivity index (χ2v) is 6.07. The van der Waals surface area contributed by atoms with Gasteiger partial charge in [-0.3, -0.25) is 4.90 Å². The van der Waals surface area contributed by atoms with Gasteiger partial charge in [-0.15, -0.1) is 0 Å². The molecule has 2 aromatic rings. The van der Waals surface area contributed by atoms with Gasteiger partial charge in [-0.2, -0.15) is 0 Å². The minimum atomic E-state index is -0.0373. The van der Waals surface area contributed by atoms with E-state index in [4.69, 9.17) is 0 Å². The first-order chi connectivity index (χ1) is 11.2. The standard InChI is InChI=1S/C19H23N3O/c1-15(2)21-12-13-22(18-11-7-6-10-17(18)21)19(23)20-14-16-8-4-3-5-9-16/h3-11,15H,12-14H2,1-2H3,(H,20,23). The van der Waals surface area contributed by atoms with Crippen LogP contribution in [0.25, 0.3) is 0 Å². The molecule has 4 heteroatoms. The summed E-state index contributed by atoms with van der Waals surface area (Å²) in [6, 6.07) is 18.5. The Bertz CT molecular complexity index is 669. The van der Waals surface area contributed by atoms with E-state index in [0.29, 0.717) is 19.1 Å². The maximum atomic E-state index is 12.6. The molecule has 2 aromatic carbocycles. The molecule has 4 nitrogen and oxygen atoms in total. The van der Waals surface area contributed by atoms with Crippen molar-refractivity contribution in [1.82, 2.24) is 5.32 Å². The summed E-state index contributed by atoms with van der Waals surface area (Å²) >= 11 is 0. The molecule has 0 spiro atoms. The zero-order chi connectivity index (χ0) is 16.2. The highest BCUT2D eigenvalue weighted by molar-refractivity contribution is 5.96. The van der Waals surface area contributed by atoms with Crippen LogP contribution in [0.15, 0.2) is 54.6 Å². The zero-order valence-electron chi connectivity index (χ0n) is 13.7. The summed E-state index contributed by atoms with van der Waals surface area (Å²) in [6.45, 7) is 6.47. The third-order valence-electron chi connectivity index (χ3n) is 4.20. The Balaban J connectivity index is 1.75. The molecule has 0 bridgehead atoms. The number of hydrogen-bond acceptors (Lipinski definition) is 2. The molecule has 0 fully saturated rings. The molecule has 0 atom stereocenters. The van der Waals surface area contributed by atoms with Crippen molar-refractivity contribution >= 4 is 17.4 Å². The van der Waals surface area contributed by atoms with Crippen LogP contribution in [0.2, 0.25) is 0 Å². The van der Waals surface area contributed by atoms with Gasteiger partial charge in [0.1, 0.15) is 0 Å². The predicted octanol–water partition coefficient (Wildman–Crippen LogP) is 3.63. The molecule has 0 unspecified atom stereocenters. The number of anilines is 2. The molecule has 0 saturated heterocycles. The minimum absolute atomic E-state index is 0.0373. The highest BCUT2D eigenvalue weighted by atomic mass is 16.2. The van der Waals surface area contributed by atoms with Crippen molar-refractivity contribution in [3.8, 4) is 0 Å². The quantitative estimate of drug-likeness (QED) is 0.939. The Morgan fingerprint density at radius 3 is 2.35 bits per heavy atom. The van der Waals surface area contributed by atoms with E-state index in [1.165, 1.54) is 0 Å². The average Bonchev–Trinajstić information content (AvgIpc) is 2.59. The molecular weight excluding hydrogens is 286 g/mol. The van der Waals surface area contributed by atoms with E-state index in [-0.39, 0.29) is 6.03 Å². The summed E-state index contributed by atoms with van der Waals surface area (Å²) in [4.78, 5) is 16.8. The maximum Gasteiger partial charge on any atom is 0.322 e. The lowest BCUT2D eigenvalue weighted by molar-refractivity contribution is 0.245. The van der Waals surface area contributed by atoms with E-state index in [9.17, 15) is 4.79 Å². The lowest BCUT2D eigenvalue weighted by atomic mass is 10.1. The third-order valence-corrected chi connectivity index (χ3v) is 4.20. The average molecular weight is 309 g/mol. The van der Waals surface area contributed by atoms with Gasteiger partial charge in [0.05, 0.1) is 11.4 Å². The van der Waals surface area contributed by atoms with Crippen LogP contribution >= 0.6 is 0 Å². The Morgan fingerprint density at radius 2 is 1.65 bits per heavy atom. The summed E-state index contributed by atoms with van der Waals surface area (Å²) in [5.41, 5.74) is 3.22. The second-order valence-electron chi connectivity index (χ2n) is 6.07. The summed E-state index contributed by atoms with van der Waals surface area (Å²) in [5, 5.41) is 3.02. The van der Waals surface area contributed by atoms with Gasteiger partial charge in [-0.1, -0.05) is 42.5 Å². The van der Waals surface area contributed by atoms with Gasteiger partial charge in [0, 0.05) is 25.7 Å². The SMILES string of the molecule is CC(C)N1CCN(C(=O)NCc2ccccc2)c2ccccc21. The van der Waals surface area contributed by atoms with Gasteiger partial charge < -0.3 is 10.2 Å². The first-order valence-corrected chi connectivity index (χ1v) is 8.12. The van der Waals surface area contributed by atoms with Crippen LogP contribution in [0.4, 0.5) is 16.2 Å². The highest BCUT2D eigenvalue weighted by Gasteiger charge is 2.27. The van der Waals surface area contributed by atoms with Gasteiger partial charge in [-0.25, -0.2) is 4.79 Å². The summed E-state index contributed by atoms with van der Waals surface area (Å²) in [5.74, 6) is 0. The second kappa shape index (κ2) is 6.73. The number of carbonyl (C=O) groups is 1.